The lowest BCUT2D eigenvalue weighted by Gasteiger charge is -2.04. The summed E-state index contributed by atoms with van der Waals surface area (Å²) >= 11 is 4.49. The molecule has 0 aliphatic carbocycles. The first-order valence-corrected chi connectivity index (χ1v) is 7.66. The topological polar surface area (TPSA) is 17.1 Å². The number of carbonyl (C=O) groups is 1. The van der Waals surface area contributed by atoms with Gasteiger partial charge < -0.3 is 0 Å². The van der Waals surface area contributed by atoms with E-state index in [-0.39, 0.29) is 29.6 Å². The van der Waals surface area contributed by atoms with Gasteiger partial charge in [-0.3, -0.25) is 4.79 Å². The first-order valence-electron chi connectivity index (χ1n) is 5.88. The zero-order valence-corrected chi connectivity index (χ0v) is 12.8. The van der Waals surface area contributed by atoms with Gasteiger partial charge in [0.1, 0.15) is 17.4 Å². The Bertz CT molecular complexity index is 614. The Hall–Kier alpha value is -1.20. The lowest BCUT2D eigenvalue weighted by Crippen LogP contribution is -2.07. The van der Waals surface area contributed by atoms with E-state index in [4.69, 9.17) is 0 Å². The second-order valence-electron chi connectivity index (χ2n) is 4.19. The molecule has 2 aromatic carbocycles. The maximum atomic E-state index is 13.6. The van der Waals surface area contributed by atoms with Crippen LogP contribution in [0, 0.1) is 11.6 Å². The number of Topliss-reactive ketones (excluding diaryl/α,β-unsaturated/α-hetero) is 1. The van der Waals surface area contributed by atoms with E-state index in [1.165, 1.54) is 30.0 Å². The van der Waals surface area contributed by atoms with Crippen LogP contribution in [0.4, 0.5) is 8.78 Å². The van der Waals surface area contributed by atoms with E-state index in [1.807, 2.05) is 0 Å². The average molecular weight is 357 g/mol. The molecule has 0 radical (unpaired) electrons. The lowest BCUT2D eigenvalue weighted by molar-refractivity contribution is -0.116. The zero-order chi connectivity index (χ0) is 14.5. The van der Waals surface area contributed by atoms with Crippen LogP contribution in [0.2, 0.25) is 0 Å². The van der Waals surface area contributed by atoms with Crippen molar-refractivity contribution in [3.8, 4) is 0 Å². The van der Waals surface area contributed by atoms with Crippen molar-refractivity contribution >= 4 is 33.5 Å². The van der Waals surface area contributed by atoms with E-state index in [0.29, 0.717) is 10.0 Å². The molecule has 0 heterocycles. The molecule has 2 rings (SSSR count). The van der Waals surface area contributed by atoms with Gasteiger partial charge in [-0.1, -0.05) is 22.0 Å². The summed E-state index contributed by atoms with van der Waals surface area (Å²) in [7, 11) is 0. The summed E-state index contributed by atoms with van der Waals surface area (Å²) in [6.45, 7) is 0. The largest absolute Gasteiger partial charge is 0.298 e. The van der Waals surface area contributed by atoms with Gasteiger partial charge in [0.15, 0.2) is 0 Å². The van der Waals surface area contributed by atoms with Crippen molar-refractivity contribution < 1.29 is 13.6 Å². The van der Waals surface area contributed by atoms with Crippen LogP contribution in [0.15, 0.2) is 51.8 Å². The third kappa shape index (κ3) is 4.42. The molecule has 0 amide bonds. The van der Waals surface area contributed by atoms with Crippen LogP contribution in [-0.2, 0) is 11.2 Å². The van der Waals surface area contributed by atoms with Gasteiger partial charge in [-0.15, -0.1) is 11.8 Å². The van der Waals surface area contributed by atoms with Gasteiger partial charge >= 0.3 is 0 Å². The van der Waals surface area contributed by atoms with Crippen molar-refractivity contribution in [2.45, 2.75) is 11.3 Å². The fraction of sp³-hybridized carbons (Fsp3) is 0.133. The Morgan fingerprint density at radius 2 is 1.80 bits per heavy atom. The molecule has 0 aliphatic rings. The van der Waals surface area contributed by atoms with E-state index < -0.39 is 0 Å². The molecule has 0 spiro atoms. The molecule has 2 aromatic rings. The fourth-order valence-electron chi connectivity index (χ4n) is 1.62. The van der Waals surface area contributed by atoms with Gasteiger partial charge in [-0.2, -0.15) is 0 Å². The molecule has 0 aromatic heterocycles. The highest BCUT2D eigenvalue weighted by Crippen LogP contribution is 2.20. The molecule has 0 unspecified atom stereocenters. The summed E-state index contributed by atoms with van der Waals surface area (Å²) in [6, 6.07) is 10.6. The number of ketones is 1. The first-order chi connectivity index (χ1) is 9.54. The van der Waals surface area contributed by atoms with Gasteiger partial charge in [0.05, 0.1) is 5.75 Å². The molecule has 20 heavy (non-hydrogen) atoms. The SMILES string of the molecule is O=C(CSc1ccc(F)cc1)Cc1ccc(Br)cc1F. The Balaban J connectivity index is 1.90. The lowest BCUT2D eigenvalue weighted by atomic mass is 10.1. The van der Waals surface area contributed by atoms with Gasteiger partial charge in [-0.05, 0) is 42.0 Å². The summed E-state index contributed by atoms with van der Waals surface area (Å²) < 4.78 is 27.0. The number of benzene rings is 2. The van der Waals surface area contributed by atoms with E-state index in [0.717, 1.165) is 4.90 Å². The van der Waals surface area contributed by atoms with Crippen LogP contribution >= 0.6 is 27.7 Å². The molecule has 1 nitrogen and oxygen atoms in total. The molecular weight excluding hydrogens is 346 g/mol. The van der Waals surface area contributed by atoms with E-state index in [2.05, 4.69) is 15.9 Å². The van der Waals surface area contributed by atoms with Crippen LogP contribution < -0.4 is 0 Å². The van der Waals surface area contributed by atoms with Crippen LogP contribution in [-0.4, -0.2) is 11.5 Å². The normalized spacial score (nSPS) is 10.6. The van der Waals surface area contributed by atoms with Gasteiger partial charge in [0.2, 0.25) is 0 Å². The van der Waals surface area contributed by atoms with Crippen molar-refractivity contribution in [1.29, 1.82) is 0 Å². The van der Waals surface area contributed by atoms with Crippen LogP contribution in [0.5, 0.6) is 0 Å². The highest BCUT2D eigenvalue weighted by molar-refractivity contribution is 9.10. The molecule has 0 aliphatic heterocycles. The third-order valence-corrected chi connectivity index (χ3v) is 4.18. The quantitative estimate of drug-likeness (QED) is 0.726. The standard InChI is InChI=1S/C15H11BrF2OS/c16-11-2-1-10(15(18)8-11)7-13(19)9-20-14-5-3-12(17)4-6-14/h1-6,8H,7,9H2. The highest BCUT2D eigenvalue weighted by Gasteiger charge is 2.09. The maximum absolute atomic E-state index is 13.6. The summed E-state index contributed by atoms with van der Waals surface area (Å²) in [5.41, 5.74) is 0.387. The van der Waals surface area contributed by atoms with Crippen LogP contribution in [0.1, 0.15) is 5.56 Å². The molecule has 0 N–H and O–H groups in total. The maximum Gasteiger partial charge on any atom is 0.147 e. The Kier molecular flexibility index (Phi) is 5.31. The van der Waals surface area contributed by atoms with E-state index in [1.54, 1.807) is 24.3 Å². The minimum Gasteiger partial charge on any atom is -0.298 e. The van der Waals surface area contributed by atoms with Crippen LogP contribution in [0.25, 0.3) is 0 Å². The zero-order valence-electron chi connectivity index (χ0n) is 10.4. The Morgan fingerprint density at radius 1 is 1.10 bits per heavy atom. The minimum absolute atomic E-state index is 0.0628. The fourth-order valence-corrected chi connectivity index (χ4v) is 2.71. The summed E-state index contributed by atoms with van der Waals surface area (Å²) in [6.07, 6.45) is 0.0628. The molecular formula is C15H11BrF2OS. The smallest absolute Gasteiger partial charge is 0.147 e. The van der Waals surface area contributed by atoms with Gasteiger partial charge in [0.25, 0.3) is 0 Å². The van der Waals surface area contributed by atoms with E-state index in [9.17, 15) is 13.6 Å². The number of carbonyl (C=O) groups excluding carboxylic acids is 1. The second-order valence-corrected chi connectivity index (χ2v) is 6.16. The Labute approximate surface area is 128 Å². The molecule has 0 bridgehead atoms. The monoisotopic (exact) mass is 356 g/mol. The van der Waals surface area contributed by atoms with E-state index >= 15 is 0 Å². The van der Waals surface area contributed by atoms with Crippen molar-refractivity contribution in [3.05, 3.63) is 64.1 Å². The number of thioether (sulfide) groups is 1. The average Bonchev–Trinajstić information content (AvgIpc) is 2.41. The van der Waals surface area contributed by atoms with Gasteiger partial charge in [-0.25, -0.2) is 8.78 Å². The molecule has 0 saturated carbocycles. The molecule has 0 atom stereocenters. The molecule has 5 heteroatoms. The van der Waals surface area contributed by atoms with Crippen molar-refractivity contribution in [1.82, 2.24) is 0 Å². The molecule has 0 fully saturated rings. The summed E-state index contributed by atoms with van der Waals surface area (Å²) in [5.74, 6) is -0.529. The number of hydrogen-bond donors (Lipinski definition) is 0. The van der Waals surface area contributed by atoms with Crippen molar-refractivity contribution in [2.75, 3.05) is 5.75 Å². The van der Waals surface area contributed by atoms with Crippen molar-refractivity contribution in [3.63, 3.8) is 0 Å². The summed E-state index contributed by atoms with van der Waals surface area (Å²) in [5, 5.41) is 0. The second kappa shape index (κ2) is 6.99. The first kappa shape index (κ1) is 15.2. The number of rotatable bonds is 5. The summed E-state index contributed by atoms with van der Waals surface area (Å²) in [4.78, 5) is 12.6. The minimum atomic E-state index is -0.389. The highest BCUT2D eigenvalue weighted by atomic mass is 79.9. The molecule has 0 saturated heterocycles. The van der Waals surface area contributed by atoms with Crippen molar-refractivity contribution in [2.24, 2.45) is 0 Å². The Morgan fingerprint density at radius 3 is 2.45 bits per heavy atom. The van der Waals surface area contributed by atoms with Crippen LogP contribution in [0.3, 0.4) is 0 Å². The number of hydrogen-bond acceptors (Lipinski definition) is 2. The predicted octanol–water partition coefficient (Wildman–Crippen LogP) is 4.63. The predicted molar refractivity (Wildman–Crippen MR) is 79.9 cm³/mol. The number of halogens is 3. The third-order valence-electron chi connectivity index (χ3n) is 2.62. The van der Waals surface area contributed by atoms with Gasteiger partial charge in [0, 0.05) is 15.8 Å². The molecule has 104 valence electrons.